The second kappa shape index (κ2) is 9.96. The monoisotopic (exact) mass is 448 g/mol. The molecule has 2 N–H and O–H groups in total. The fraction of sp³-hybridized carbons (Fsp3) is 0.565. The minimum absolute atomic E-state index is 0.0415. The van der Waals surface area contributed by atoms with Gasteiger partial charge in [0, 0.05) is 12.3 Å². The van der Waals surface area contributed by atoms with Crippen LogP contribution >= 0.6 is 0 Å². The van der Waals surface area contributed by atoms with E-state index in [0.29, 0.717) is 38.2 Å². The Kier molecular flexibility index (Phi) is 7.54. The van der Waals surface area contributed by atoms with Crippen LogP contribution in [0.2, 0.25) is 0 Å². The van der Waals surface area contributed by atoms with Crippen molar-refractivity contribution in [2.24, 2.45) is 11.8 Å². The Morgan fingerprint density at radius 1 is 1.19 bits per heavy atom. The van der Waals surface area contributed by atoms with Crippen molar-refractivity contribution < 1.29 is 22.7 Å². The molecule has 0 aromatic heterocycles. The summed E-state index contributed by atoms with van der Waals surface area (Å²) in [6.45, 7) is 4.38. The minimum Gasteiger partial charge on any atom is -0.493 e. The summed E-state index contributed by atoms with van der Waals surface area (Å²) in [7, 11) is -3.51. The van der Waals surface area contributed by atoms with Crippen LogP contribution in [0, 0.1) is 11.8 Å². The quantitative estimate of drug-likeness (QED) is 0.400. The van der Waals surface area contributed by atoms with Gasteiger partial charge in [-0.2, -0.15) is 0 Å². The predicted octanol–water partition coefficient (Wildman–Crippen LogP) is 3.02. The van der Waals surface area contributed by atoms with Crippen molar-refractivity contribution in [3.05, 3.63) is 42.0 Å². The third-order valence-electron chi connectivity index (χ3n) is 5.64. The third kappa shape index (κ3) is 7.47. The van der Waals surface area contributed by atoms with Crippen LogP contribution in [0.1, 0.15) is 57.9 Å². The molecule has 170 valence electrons. The lowest BCUT2D eigenvalue weighted by Crippen LogP contribution is -2.42. The van der Waals surface area contributed by atoms with Gasteiger partial charge in [-0.3, -0.25) is 14.9 Å². The molecule has 8 heteroatoms. The summed E-state index contributed by atoms with van der Waals surface area (Å²) in [5.41, 5.74) is 0.0755. The summed E-state index contributed by atoms with van der Waals surface area (Å²) in [5, 5.41) is 2.33. The van der Waals surface area contributed by atoms with Crippen LogP contribution in [-0.4, -0.2) is 32.6 Å². The topological polar surface area (TPSA) is 102 Å². The molecule has 1 saturated carbocycles. The summed E-state index contributed by atoms with van der Waals surface area (Å²) >= 11 is 0. The van der Waals surface area contributed by atoms with Crippen molar-refractivity contribution in [2.75, 3.05) is 12.4 Å². The zero-order valence-electron chi connectivity index (χ0n) is 18.2. The van der Waals surface area contributed by atoms with Crippen molar-refractivity contribution in [3.63, 3.8) is 0 Å². The Morgan fingerprint density at radius 3 is 2.68 bits per heavy atom. The van der Waals surface area contributed by atoms with Crippen LogP contribution in [0.5, 0.6) is 5.75 Å². The molecule has 2 amide bonds. The summed E-state index contributed by atoms with van der Waals surface area (Å²) < 4.78 is 33.8. The van der Waals surface area contributed by atoms with E-state index in [1.165, 1.54) is 12.8 Å². The average molecular weight is 449 g/mol. The molecule has 1 heterocycles. The molecule has 1 saturated heterocycles. The largest absolute Gasteiger partial charge is 0.493 e. The lowest BCUT2D eigenvalue weighted by Gasteiger charge is -2.27. The smallest absolute Gasteiger partial charge is 0.229 e. The van der Waals surface area contributed by atoms with Crippen LogP contribution < -0.4 is 14.8 Å². The first kappa shape index (κ1) is 23.5. The average Bonchev–Trinajstić information content (AvgIpc) is 3.51. The molecule has 1 aliphatic heterocycles. The van der Waals surface area contributed by atoms with Crippen molar-refractivity contribution in [1.82, 2.24) is 10.0 Å². The normalized spacial score (nSPS) is 20.1. The number of sulfonamides is 1. The van der Waals surface area contributed by atoms with Gasteiger partial charge in [0.1, 0.15) is 5.75 Å². The first-order valence-electron chi connectivity index (χ1n) is 10.9. The summed E-state index contributed by atoms with van der Waals surface area (Å²) in [6.07, 6.45) is 7.77. The van der Waals surface area contributed by atoms with Crippen LogP contribution in [0.3, 0.4) is 0 Å². The van der Waals surface area contributed by atoms with Gasteiger partial charge in [0.05, 0.1) is 17.9 Å². The molecule has 0 bridgehead atoms. The number of imide groups is 1. The number of nitrogens with one attached hydrogen (secondary N) is 2. The van der Waals surface area contributed by atoms with Gasteiger partial charge in [0.2, 0.25) is 21.8 Å². The van der Waals surface area contributed by atoms with Crippen LogP contribution in [0.15, 0.2) is 36.4 Å². The number of benzene rings is 1. The fourth-order valence-electron chi connectivity index (χ4n) is 3.54. The standard InChI is InChI=1S/C23H32N2O5S/c1-23(2,19-8-6-9-20(15-19)30-16-17-10-11-17)25-31(28,29)14-5-3-4-7-18-12-13-21(26)24-22(18)27/h3-4,6,8-9,15,17-18,25H,5,7,10-14,16H2,1-2H3,(H,24,26,27)/b4-3+/t18-/m1/s1. The van der Waals surface area contributed by atoms with E-state index in [4.69, 9.17) is 4.74 Å². The molecular weight excluding hydrogens is 416 g/mol. The fourth-order valence-corrected chi connectivity index (χ4v) is 4.98. The first-order valence-corrected chi connectivity index (χ1v) is 12.5. The van der Waals surface area contributed by atoms with Gasteiger partial charge < -0.3 is 4.74 Å². The third-order valence-corrected chi connectivity index (χ3v) is 7.24. The highest BCUT2D eigenvalue weighted by Crippen LogP contribution is 2.31. The van der Waals surface area contributed by atoms with Crippen LogP contribution in [0.25, 0.3) is 0 Å². The molecule has 2 aliphatic rings. The van der Waals surface area contributed by atoms with Gasteiger partial charge in [-0.05, 0) is 69.6 Å². The summed E-state index contributed by atoms with van der Waals surface area (Å²) in [4.78, 5) is 22.9. The maximum atomic E-state index is 12.6. The van der Waals surface area contributed by atoms with E-state index in [-0.39, 0.29) is 23.5 Å². The number of piperidine rings is 1. The van der Waals surface area contributed by atoms with Crippen molar-refractivity contribution in [3.8, 4) is 5.75 Å². The Bertz CT molecular complexity index is 935. The highest BCUT2D eigenvalue weighted by molar-refractivity contribution is 7.89. The molecule has 0 unspecified atom stereocenters. The van der Waals surface area contributed by atoms with E-state index < -0.39 is 15.6 Å². The highest BCUT2D eigenvalue weighted by atomic mass is 32.2. The molecule has 3 rings (SSSR count). The molecule has 1 aromatic carbocycles. The Labute approximate surface area is 184 Å². The molecule has 7 nitrogen and oxygen atoms in total. The van der Waals surface area contributed by atoms with Crippen molar-refractivity contribution >= 4 is 21.8 Å². The number of ether oxygens (including phenoxy) is 1. The molecule has 1 atom stereocenters. The molecule has 0 radical (unpaired) electrons. The van der Waals surface area contributed by atoms with Gasteiger partial charge in [0.25, 0.3) is 0 Å². The molecule has 0 spiro atoms. The van der Waals surface area contributed by atoms with E-state index in [1.807, 2.05) is 44.2 Å². The van der Waals surface area contributed by atoms with Gasteiger partial charge in [-0.25, -0.2) is 13.1 Å². The van der Waals surface area contributed by atoms with E-state index in [1.54, 1.807) is 6.08 Å². The molecule has 31 heavy (non-hydrogen) atoms. The van der Waals surface area contributed by atoms with E-state index in [0.717, 1.165) is 11.3 Å². The molecular formula is C23H32N2O5S. The maximum absolute atomic E-state index is 12.6. The Hall–Kier alpha value is -2.19. The second-order valence-electron chi connectivity index (χ2n) is 8.97. The van der Waals surface area contributed by atoms with E-state index >= 15 is 0 Å². The highest BCUT2D eigenvalue weighted by Gasteiger charge is 2.28. The van der Waals surface area contributed by atoms with Crippen LogP contribution in [-0.2, 0) is 25.2 Å². The number of amides is 2. The number of hydrogen-bond donors (Lipinski definition) is 2. The zero-order chi connectivity index (χ0) is 22.5. The molecule has 1 aliphatic carbocycles. The lowest BCUT2D eigenvalue weighted by atomic mass is 9.95. The summed E-state index contributed by atoms with van der Waals surface area (Å²) in [6, 6.07) is 7.56. The number of carbonyl (C=O) groups is 2. The Morgan fingerprint density at radius 2 is 1.97 bits per heavy atom. The van der Waals surface area contributed by atoms with Gasteiger partial charge >= 0.3 is 0 Å². The zero-order valence-corrected chi connectivity index (χ0v) is 19.0. The Balaban J connectivity index is 1.48. The number of allylic oxidation sites excluding steroid dienone is 2. The van der Waals surface area contributed by atoms with Crippen molar-refractivity contribution in [1.29, 1.82) is 0 Å². The minimum atomic E-state index is -3.51. The predicted molar refractivity (Wildman–Crippen MR) is 119 cm³/mol. The summed E-state index contributed by atoms with van der Waals surface area (Å²) in [5.74, 6) is 0.661. The van der Waals surface area contributed by atoms with Crippen molar-refractivity contribution in [2.45, 2.75) is 57.9 Å². The number of carbonyl (C=O) groups excluding carboxylic acids is 2. The molecule has 2 fully saturated rings. The SMILES string of the molecule is CC(C)(NS(=O)(=O)CC/C=C/C[C@@H]1CCC(=O)NC1=O)c1cccc(OCC2CC2)c1. The second-order valence-corrected chi connectivity index (χ2v) is 10.8. The number of rotatable bonds is 11. The van der Waals surface area contributed by atoms with Gasteiger partial charge in [0.15, 0.2) is 0 Å². The lowest BCUT2D eigenvalue weighted by molar-refractivity contribution is -0.136. The van der Waals surface area contributed by atoms with E-state index in [9.17, 15) is 18.0 Å². The van der Waals surface area contributed by atoms with Crippen LogP contribution in [0.4, 0.5) is 0 Å². The van der Waals surface area contributed by atoms with E-state index in [2.05, 4.69) is 10.0 Å². The maximum Gasteiger partial charge on any atom is 0.229 e. The molecule has 1 aromatic rings. The number of hydrogen-bond acceptors (Lipinski definition) is 5. The van der Waals surface area contributed by atoms with Gasteiger partial charge in [-0.1, -0.05) is 24.3 Å². The van der Waals surface area contributed by atoms with Gasteiger partial charge in [-0.15, -0.1) is 0 Å². The first-order chi connectivity index (χ1) is 14.6.